The van der Waals surface area contributed by atoms with Gasteiger partial charge in [-0.15, -0.1) is 0 Å². The van der Waals surface area contributed by atoms with Gasteiger partial charge in [0.05, 0.1) is 11.9 Å². The summed E-state index contributed by atoms with van der Waals surface area (Å²) in [7, 11) is 0. The maximum Gasteiger partial charge on any atom is 0.227 e. The largest absolute Gasteiger partial charge is 0.327 e. The van der Waals surface area contributed by atoms with Crippen LogP contribution >= 0.6 is 0 Å². The molecule has 1 aromatic heterocycles. The standard InChI is InChI=1S/C17H17F2N3O/c18-13-2-1-8-4-11(7-21-16(8)15(13)19)22-17(23)10-3-9-6-14(20)12(9)5-10/h1-2,4,7,9-10,12,14H,3,5-6,20H2,(H,22,23)/t9-,10?,12-,14+/m0/s1. The van der Waals surface area contributed by atoms with Crippen LogP contribution in [0.4, 0.5) is 14.5 Å². The molecule has 2 saturated carbocycles. The van der Waals surface area contributed by atoms with Crippen molar-refractivity contribution in [3.63, 3.8) is 0 Å². The summed E-state index contributed by atoms with van der Waals surface area (Å²) in [6.07, 6.45) is 4.08. The number of nitrogens with one attached hydrogen (secondary N) is 1. The van der Waals surface area contributed by atoms with E-state index in [0.717, 1.165) is 25.3 Å². The molecule has 2 fully saturated rings. The average molecular weight is 317 g/mol. The molecule has 0 bridgehead atoms. The Morgan fingerprint density at radius 1 is 1.26 bits per heavy atom. The van der Waals surface area contributed by atoms with Crippen LogP contribution in [0.3, 0.4) is 0 Å². The van der Waals surface area contributed by atoms with Gasteiger partial charge in [-0.25, -0.2) is 8.78 Å². The average Bonchev–Trinajstić information content (AvgIpc) is 2.88. The van der Waals surface area contributed by atoms with Gasteiger partial charge in [-0.2, -0.15) is 0 Å². The molecular weight excluding hydrogens is 300 g/mol. The van der Waals surface area contributed by atoms with Crippen LogP contribution in [0.1, 0.15) is 19.3 Å². The van der Waals surface area contributed by atoms with Gasteiger partial charge in [0.15, 0.2) is 11.6 Å². The topological polar surface area (TPSA) is 68.0 Å². The molecule has 0 aliphatic heterocycles. The number of nitrogens with zero attached hydrogens (tertiary/aromatic N) is 1. The Balaban J connectivity index is 1.51. The highest BCUT2D eigenvalue weighted by Gasteiger charge is 2.47. The summed E-state index contributed by atoms with van der Waals surface area (Å²) >= 11 is 0. The lowest BCUT2D eigenvalue weighted by Crippen LogP contribution is -2.44. The van der Waals surface area contributed by atoms with Gasteiger partial charge >= 0.3 is 0 Å². The molecule has 2 aliphatic carbocycles. The number of nitrogens with two attached hydrogens (primary N) is 1. The van der Waals surface area contributed by atoms with Crippen LogP contribution in [0.15, 0.2) is 24.4 Å². The summed E-state index contributed by atoms with van der Waals surface area (Å²) in [4.78, 5) is 16.3. The Labute approximate surface area is 132 Å². The minimum absolute atomic E-state index is 0.0285. The molecular formula is C17H17F2N3O. The number of rotatable bonds is 2. The third-order valence-electron chi connectivity index (χ3n) is 5.26. The second kappa shape index (κ2) is 5.23. The summed E-state index contributed by atoms with van der Waals surface area (Å²) < 4.78 is 26.8. The van der Waals surface area contributed by atoms with Crippen LogP contribution in [-0.2, 0) is 4.79 Å². The van der Waals surface area contributed by atoms with Crippen molar-refractivity contribution in [3.05, 3.63) is 36.0 Å². The van der Waals surface area contributed by atoms with Crippen LogP contribution in [-0.4, -0.2) is 16.9 Å². The number of aromatic nitrogens is 1. The third kappa shape index (κ3) is 2.37. The number of anilines is 1. The normalized spacial score (nSPS) is 29.2. The number of benzene rings is 1. The Bertz CT molecular complexity index is 795. The van der Waals surface area contributed by atoms with Crippen molar-refractivity contribution in [2.24, 2.45) is 23.5 Å². The van der Waals surface area contributed by atoms with Crippen LogP contribution in [0.2, 0.25) is 0 Å². The first-order valence-electron chi connectivity index (χ1n) is 7.83. The summed E-state index contributed by atoms with van der Waals surface area (Å²) in [6.45, 7) is 0. The maximum atomic E-state index is 13.6. The zero-order valence-electron chi connectivity index (χ0n) is 12.4. The Morgan fingerprint density at radius 2 is 2.09 bits per heavy atom. The second-order valence-electron chi connectivity index (χ2n) is 6.64. The minimum atomic E-state index is -0.971. The van der Waals surface area contributed by atoms with Crippen LogP contribution in [0, 0.1) is 29.4 Å². The highest BCUT2D eigenvalue weighted by Crippen LogP contribution is 2.49. The Morgan fingerprint density at radius 3 is 2.83 bits per heavy atom. The summed E-state index contributed by atoms with van der Waals surface area (Å²) in [5.41, 5.74) is 6.42. The van der Waals surface area contributed by atoms with Crippen molar-refractivity contribution in [1.82, 2.24) is 4.98 Å². The number of hydrogen-bond donors (Lipinski definition) is 2. The van der Waals surface area contributed by atoms with E-state index < -0.39 is 11.6 Å². The van der Waals surface area contributed by atoms with E-state index in [4.69, 9.17) is 5.73 Å². The van der Waals surface area contributed by atoms with Crippen LogP contribution in [0.25, 0.3) is 10.9 Å². The third-order valence-corrected chi connectivity index (χ3v) is 5.26. The SMILES string of the molecule is N[C@@H]1C[C@@H]2CC(C(=O)Nc3cnc4c(F)c(F)ccc4c3)C[C@@H]21. The Hall–Kier alpha value is -2.08. The predicted octanol–water partition coefficient (Wildman–Crippen LogP) is 2.82. The summed E-state index contributed by atoms with van der Waals surface area (Å²) in [6, 6.07) is 4.35. The number of pyridine rings is 1. The van der Waals surface area contributed by atoms with Crippen molar-refractivity contribution in [1.29, 1.82) is 0 Å². The predicted molar refractivity (Wildman–Crippen MR) is 82.6 cm³/mol. The molecule has 1 aromatic carbocycles. The van der Waals surface area contributed by atoms with Gasteiger partial charge in [0.1, 0.15) is 5.52 Å². The smallest absolute Gasteiger partial charge is 0.227 e. The molecule has 120 valence electrons. The van der Waals surface area contributed by atoms with Crippen molar-refractivity contribution in [2.45, 2.75) is 25.3 Å². The first-order chi connectivity index (χ1) is 11.0. The van der Waals surface area contributed by atoms with E-state index in [1.165, 1.54) is 12.3 Å². The van der Waals surface area contributed by atoms with E-state index in [1.807, 2.05) is 0 Å². The van der Waals surface area contributed by atoms with E-state index >= 15 is 0 Å². The molecule has 2 aromatic rings. The van der Waals surface area contributed by atoms with E-state index in [9.17, 15) is 13.6 Å². The van der Waals surface area contributed by atoms with Gasteiger partial charge in [-0.05, 0) is 49.3 Å². The maximum absolute atomic E-state index is 13.6. The molecule has 6 heteroatoms. The monoisotopic (exact) mass is 317 g/mol. The first-order valence-corrected chi connectivity index (χ1v) is 7.83. The van der Waals surface area contributed by atoms with Gasteiger partial charge in [0, 0.05) is 17.3 Å². The van der Waals surface area contributed by atoms with Gasteiger partial charge in [-0.3, -0.25) is 9.78 Å². The fourth-order valence-electron chi connectivity index (χ4n) is 3.95. The molecule has 3 N–H and O–H groups in total. The molecule has 0 radical (unpaired) electrons. The van der Waals surface area contributed by atoms with Crippen LogP contribution in [0.5, 0.6) is 0 Å². The number of amides is 1. The number of carbonyl (C=O) groups is 1. The van der Waals surface area contributed by atoms with Crippen molar-refractivity contribution in [3.8, 4) is 0 Å². The second-order valence-corrected chi connectivity index (χ2v) is 6.64. The molecule has 1 amide bonds. The van der Waals surface area contributed by atoms with Gasteiger partial charge < -0.3 is 11.1 Å². The number of hydrogen-bond acceptors (Lipinski definition) is 3. The molecule has 0 spiro atoms. The number of fused-ring (bicyclic) bond motifs is 2. The van der Waals surface area contributed by atoms with Gasteiger partial charge in [0.25, 0.3) is 0 Å². The lowest BCUT2D eigenvalue weighted by atomic mass is 9.72. The highest BCUT2D eigenvalue weighted by atomic mass is 19.2. The van der Waals surface area contributed by atoms with Gasteiger partial charge in [0.2, 0.25) is 5.91 Å². The van der Waals surface area contributed by atoms with Crippen molar-refractivity contribution < 1.29 is 13.6 Å². The quantitative estimate of drug-likeness (QED) is 0.895. The molecule has 4 rings (SSSR count). The summed E-state index contributed by atoms with van der Waals surface area (Å²) in [5.74, 6) is -0.930. The molecule has 1 unspecified atom stereocenters. The number of halogens is 2. The number of carbonyl (C=O) groups excluding carboxylic acids is 1. The lowest BCUT2D eigenvalue weighted by Gasteiger charge is -2.37. The van der Waals surface area contributed by atoms with Crippen LogP contribution < -0.4 is 11.1 Å². The fourth-order valence-corrected chi connectivity index (χ4v) is 3.95. The molecule has 23 heavy (non-hydrogen) atoms. The lowest BCUT2D eigenvalue weighted by molar-refractivity contribution is -0.119. The Kier molecular flexibility index (Phi) is 3.30. The molecule has 2 aliphatic rings. The van der Waals surface area contributed by atoms with Crippen molar-refractivity contribution in [2.75, 3.05) is 5.32 Å². The summed E-state index contributed by atoms with van der Waals surface area (Å²) in [5, 5.41) is 3.29. The van der Waals surface area contributed by atoms with Crippen molar-refractivity contribution >= 4 is 22.5 Å². The molecule has 4 atom stereocenters. The van der Waals surface area contributed by atoms with E-state index in [1.54, 1.807) is 6.07 Å². The van der Waals surface area contributed by atoms with E-state index in [2.05, 4.69) is 10.3 Å². The first kappa shape index (κ1) is 14.5. The molecule has 1 heterocycles. The van der Waals surface area contributed by atoms with E-state index in [-0.39, 0.29) is 23.4 Å². The fraction of sp³-hybridized carbons (Fsp3) is 0.412. The highest BCUT2D eigenvalue weighted by molar-refractivity contribution is 5.94. The molecule has 0 saturated heterocycles. The van der Waals surface area contributed by atoms with E-state index in [0.29, 0.717) is 22.9 Å². The zero-order valence-corrected chi connectivity index (χ0v) is 12.4. The zero-order chi connectivity index (χ0) is 16.1. The van der Waals surface area contributed by atoms with Gasteiger partial charge in [-0.1, -0.05) is 0 Å². The minimum Gasteiger partial charge on any atom is -0.327 e. The molecule has 4 nitrogen and oxygen atoms in total.